The number of alkyl halides is 4. The van der Waals surface area contributed by atoms with Gasteiger partial charge in [-0.05, 0) is 198 Å². The van der Waals surface area contributed by atoms with Crippen LogP contribution in [0.15, 0.2) is 261 Å². The lowest BCUT2D eigenvalue weighted by Gasteiger charge is -2.32. The van der Waals surface area contributed by atoms with Gasteiger partial charge in [-0.15, -0.1) is 0 Å². The molecule has 9 heterocycles. The summed E-state index contributed by atoms with van der Waals surface area (Å²) in [4.78, 5) is 123. The van der Waals surface area contributed by atoms with Gasteiger partial charge in [-0.3, -0.25) is 48.1 Å². The first-order valence-corrected chi connectivity index (χ1v) is 48.8. The normalized spacial score (nSPS) is 17.5. The molecule has 0 spiro atoms. The van der Waals surface area contributed by atoms with Crippen LogP contribution in [0.2, 0.25) is 0 Å². The largest absolute Gasteiger partial charge is 0.488 e. The van der Waals surface area contributed by atoms with Crippen LogP contribution in [0.3, 0.4) is 0 Å². The average Bonchev–Trinajstić information content (AvgIpc) is 1.66. The average molecular weight is 1980 g/mol. The van der Waals surface area contributed by atoms with Gasteiger partial charge in [-0.25, -0.2) is 0 Å². The second kappa shape index (κ2) is 47.7. The van der Waals surface area contributed by atoms with Crippen molar-refractivity contribution < 1.29 is 74.9 Å². The number of H-pyrrole nitrogens is 1. The summed E-state index contributed by atoms with van der Waals surface area (Å²) in [5.74, 6) is 0.518. The molecule has 7 amide bonds. The van der Waals surface area contributed by atoms with E-state index in [-0.39, 0.29) is 102 Å². The molecule has 0 radical (unpaired) electrons. The van der Waals surface area contributed by atoms with Gasteiger partial charge in [0, 0.05) is 183 Å². The fourth-order valence-corrected chi connectivity index (χ4v) is 17.9. The number of aryl methyl sites for hydroxylation is 1. The number of pyridine rings is 1. The van der Waals surface area contributed by atoms with E-state index in [0.29, 0.717) is 102 Å². The molecule has 11 aromatic carbocycles. The van der Waals surface area contributed by atoms with Crippen molar-refractivity contribution in [3.63, 3.8) is 0 Å². The van der Waals surface area contributed by atoms with Crippen molar-refractivity contribution >= 4 is 132 Å². The van der Waals surface area contributed by atoms with Crippen molar-refractivity contribution in [2.45, 2.75) is 162 Å². The highest BCUT2D eigenvalue weighted by Gasteiger charge is 2.44. The van der Waals surface area contributed by atoms with Crippen LogP contribution in [-0.4, -0.2) is 169 Å². The number of para-hydroxylation sites is 6. The number of piperazine rings is 1. The summed E-state index contributed by atoms with van der Waals surface area (Å²) < 4.78 is 66.4. The van der Waals surface area contributed by atoms with E-state index in [1.807, 2.05) is 181 Å². The molecule has 2 aromatic heterocycles. The highest BCUT2D eigenvalue weighted by Crippen LogP contribution is 2.43. The van der Waals surface area contributed by atoms with Crippen LogP contribution >= 0.6 is 0 Å². The first-order valence-electron chi connectivity index (χ1n) is 48.8. The summed E-state index contributed by atoms with van der Waals surface area (Å²) in [6.45, 7) is 17.5. The predicted octanol–water partition coefficient (Wildman–Crippen LogP) is 21.5. The highest BCUT2D eigenvalue weighted by molar-refractivity contribution is 6.10. The van der Waals surface area contributed by atoms with E-state index in [1.165, 1.54) is 28.8 Å². The number of aromatic nitrogens is 2. The zero-order valence-corrected chi connectivity index (χ0v) is 83.0. The number of ether oxygens (including phenoxy) is 3. The molecule has 0 aliphatic carbocycles. The number of likely N-dealkylation sites (N-methyl/N-ethyl adjacent to an activating group) is 1. The Hall–Kier alpha value is -16.4. The molecule has 32 heteroatoms. The number of carbonyl (C=O) groups is 9. The lowest BCUT2D eigenvalue weighted by molar-refractivity contribution is -0.253. The molecule has 28 nitrogen and oxygen atoms in total. The summed E-state index contributed by atoms with van der Waals surface area (Å²) >= 11 is 0. The van der Waals surface area contributed by atoms with Crippen LogP contribution in [0.1, 0.15) is 140 Å². The second-order valence-electron chi connectivity index (χ2n) is 37.4. The van der Waals surface area contributed by atoms with Gasteiger partial charge in [-0.2, -0.15) is 17.6 Å². The van der Waals surface area contributed by atoms with E-state index in [0.717, 1.165) is 135 Å². The van der Waals surface area contributed by atoms with Gasteiger partial charge < -0.3 is 92.4 Å². The Balaban J connectivity index is 0.000000132. The molecule has 0 saturated carbocycles. The van der Waals surface area contributed by atoms with Crippen molar-refractivity contribution in [3.05, 3.63) is 300 Å². The van der Waals surface area contributed by atoms with E-state index in [9.17, 15) is 60.7 Å². The maximum Gasteiger partial charge on any atom is 0.461 e. The Kier molecular flexibility index (Phi) is 33.9. The Labute approximate surface area is 845 Å². The molecule has 20 rings (SSSR count). The molecule has 2 unspecified atom stereocenters. The third-order valence-electron chi connectivity index (χ3n) is 25.1. The summed E-state index contributed by atoms with van der Waals surface area (Å²) in [5, 5.41) is 35.4. The van der Waals surface area contributed by atoms with Crippen molar-refractivity contribution in [2.75, 3.05) is 111 Å². The second-order valence-corrected chi connectivity index (χ2v) is 37.4. The third-order valence-corrected chi connectivity index (χ3v) is 25.1. The Bertz CT molecular complexity index is 6890. The van der Waals surface area contributed by atoms with Crippen molar-refractivity contribution in [1.82, 2.24) is 19.8 Å². The van der Waals surface area contributed by atoms with Gasteiger partial charge in [0.25, 0.3) is 5.91 Å². The number of hydrogen-bond donors (Lipinski definition) is 12. The van der Waals surface area contributed by atoms with Gasteiger partial charge in [0.2, 0.25) is 35.4 Å². The summed E-state index contributed by atoms with van der Waals surface area (Å²) in [7, 11) is 6.14. The number of nitrogens with zero attached hydrogens (tertiary/aromatic N) is 4. The SMILES string of the molecule is CC1CC(=O)Nc2cccc(C(=O)Cc3cccc(OC(F)(F)C(F)F)c3)c2N1.CCc1cccc(CC(=O)c2cccc3c2NC(C)CC(=O)N3)c1.C[C@@H]1CC(=O)Nc2ccc(OCc3ccccn3)cc2O1.C[C@@H]1CC(=O)Nc2cccc(-c3cc4ccccc4[nH]3)c2N1.C[C@@H]1CC(=O)Nc2cccc(-c3ccc(C(=O)N4CCN(C)CC4)cc3)c2N1.C[C@@H]1CC(=O)Nc2cccc(-c3ccc(N(C)C)cc3)c2N1. The van der Waals surface area contributed by atoms with Crippen LogP contribution in [-0.2, 0) is 54.6 Å². The van der Waals surface area contributed by atoms with Gasteiger partial charge in [-0.1, -0.05) is 140 Å². The predicted molar refractivity (Wildman–Crippen MR) is 568 cm³/mol. The number of nitrogens with one attached hydrogen (secondary N) is 12. The van der Waals surface area contributed by atoms with Gasteiger partial charge >= 0.3 is 12.5 Å². The molecular weight excluding hydrogens is 1860 g/mol. The summed E-state index contributed by atoms with van der Waals surface area (Å²) in [5.41, 5.74) is 22.2. The standard InChI is InChI=1S/C22H26N4O2.C20H18F4N2O3.C20H22N2O2.C18H17N3O.C18H21N3O.C16H16N2O3/c1-15-14-20(27)24-19-5-3-4-18(21(19)23-15)16-6-8-17(9-7-16)22(28)26-12-10-25(2)11-13-26;1-11-8-17(28)26-15-7-3-6-14(18(15)25-11)16(27)10-12-4-2-5-13(9-12)29-20(23,24)19(21)22;1-3-14-6-4-7-15(11-14)12-18(23)16-8-5-9-17-20(16)21-13(2)10-19(24)22-17;1-11-9-17(22)21-15-8-4-6-13(18(15)19-11)16-10-12-5-2-3-7-14(12)20-16;1-12-11-17(22)20-16-6-4-5-15(18(16)19-12)13-7-9-14(10-8-13)21(2)3;1-11-8-16(19)18-14-6-5-13(9-15(14)21-11)20-10-12-4-2-3-7-17-12/h3-9,15,23H,10-14H2,1-2H3,(H,24,27);2-7,9,11,19,25H,8,10H2,1H3,(H,26,28);4-9,11,13,21H,3,10,12H2,1-2H3,(H,22,24);2-8,10-11,19-20H,9H2,1H3,(H,21,22);4-10,12,19H,11H2,1-3H3,(H,20,22);2-7,9,11H,8,10H2,1H3,(H,18,19)/t15-;;;11-;12-;11-/m1..111/s1. The van der Waals surface area contributed by atoms with Crippen molar-refractivity contribution in [1.29, 1.82) is 0 Å². The zero-order chi connectivity index (χ0) is 103. The van der Waals surface area contributed by atoms with E-state index >= 15 is 0 Å². The van der Waals surface area contributed by atoms with E-state index < -0.39 is 18.3 Å². The number of ketones is 2. The summed E-state index contributed by atoms with van der Waals surface area (Å²) in [6, 6.07) is 79.1. The van der Waals surface area contributed by atoms with Crippen molar-refractivity contribution in [3.8, 4) is 50.8 Å². The number of amides is 7. The van der Waals surface area contributed by atoms with E-state index in [1.54, 1.807) is 49.5 Å². The van der Waals surface area contributed by atoms with Crippen LogP contribution < -0.4 is 77.6 Å². The van der Waals surface area contributed by atoms with Crippen LogP contribution in [0.5, 0.6) is 17.2 Å². The molecule has 0 bridgehead atoms. The van der Waals surface area contributed by atoms with E-state index in [2.05, 4.69) is 164 Å². The number of carbonyl (C=O) groups excluding carboxylic acids is 9. The minimum Gasteiger partial charge on any atom is -0.488 e. The molecule has 1 saturated heterocycles. The molecule has 7 aliphatic rings. The fraction of sp³-hybridized carbons (Fsp3) is 0.281. The molecule has 7 aliphatic heterocycles. The summed E-state index contributed by atoms with van der Waals surface area (Å²) in [6.07, 6.45) is -3.53. The molecule has 12 N–H and O–H groups in total. The van der Waals surface area contributed by atoms with Gasteiger partial charge in [0.1, 0.15) is 30.0 Å². The topological polar surface area (TPSA) is 352 Å². The lowest BCUT2D eigenvalue weighted by atomic mass is 9.98. The lowest BCUT2D eigenvalue weighted by Crippen LogP contribution is -2.47. The Morgan fingerprint density at radius 3 is 1.38 bits per heavy atom. The first-order chi connectivity index (χ1) is 70.2. The van der Waals surface area contributed by atoms with Gasteiger partial charge in [0.15, 0.2) is 11.6 Å². The smallest absolute Gasteiger partial charge is 0.461 e. The van der Waals surface area contributed by atoms with Crippen LogP contribution in [0, 0.1) is 0 Å². The monoisotopic (exact) mass is 1980 g/mol. The quantitative estimate of drug-likeness (QED) is 0.0280. The first kappa shape index (κ1) is 104. The highest BCUT2D eigenvalue weighted by atomic mass is 19.3. The van der Waals surface area contributed by atoms with Crippen LogP contribution in [0.4, 0.5) is 85.8 Å². The van der Waals surface area contributed by atoms with Crippen LogP contribution in [0.25, 0.3) is 44.4 Å². The number of benzene rings is 11. The molecular formula is C114H120F4N16O12. The number of rotatable bonds is 18. The third kappa shape index (κ3) is 27.3. The van der Waals surface area contributed by atoms with E-state index in [4.69, 9.17) is 9.47 Å². The Morgan fingerprint density at radius 2 is 0.884 bits per heavy atom. The molecule has 6 atom stereocenters. The molecule has 146 heavy (non-hydrogen) atoms. The number of Topliss-reactive ketones (excluding diaryl/α,β-unsaturated/α-hetero) is 2. The maximum absolute atomic E-state index is 13.1. The fourth-order valence-electron chi connectivity index (χ4n) is 17.9. The number of hydrogen-bond acceptors (Lipinski definition) is 20. The molecule has 1 fully saturated rings. The minimum atomic E-state index is -4.63. The number of aromatic amines is 1. The Morgan fingerprint density at radius 1 is 0.445 bits per heavy atom. The van der Waals surface area contributed by atoms with Crippen molar-refractivity contribution in [2.24, 2.45) is 0 Å². The number of halogens is 4. The minimum absolute atomic E-state index is 0.0105. The molecule has 756 valence electrons. The zero-order valence-electron chi connectivity index (χ0n) is 83.0. The maximum atomic E-state index is 13.1. The molecule has 13 aromatic rings. The van der Waals surface area contributed by atoms with Gasteiger partial charge in [0.05, 0.1) is 74.7 Å². The number of fused-ring (bicyclic) bond motifs is 7. The number of anilines is 12.